The van der Waals surface area contributed by atoms with Gasteiger partial charge in [-0.1, -0.05) is 13.0 Å². The number of hydrogen-bond donors (Lipinski definition) is 2. The Hall–Kier alpha value is -2.84. The van der Waals surface area contributed by atoms with Crippen LogP contribution in [-0.4, -0.2) is 72.7 Å². The number of nitrogens with zero attached hydrogens (tertiary/aromatic N) is 1. The highest BCUT2D eigenvalue weighted by Gasteiger charge is 2.39. The zero-order valence-corrected chi connectivity index (χ0v) is 30.8. The van der Waals surface area contributed by atoms with Crippen LogP contribution in [-0.2, 0) is 24.2 Å². The lowest BCUT2D eigenvalue weighted by Crippen LogP contribution is -2.55. The van der Waals surface area contributed by atoms with Crippen molar-refractivity contribution in [3.63, 3.8) is 0 Å². The topological polar surface area (TPSA) is 148 Å². The normalized spacial score (nSPS) is 24.4. The maximum Gasteiger partial charge on any atom is 0.261 e. The first-order valence-corrected chi connectivity index (χ1v) is 18.3. The summed E-state index contributed by atoms with van der Waals surface area (Å²) >= 11 is 1.20. The number of methoxy groups -OCH3 is 1. The number of piperidine rings is 1. The standard InChI is InChI=1S/C32H40FIN3O8PS/c1-19(39)37-13-10-25(24(17-37)30(41)35-20-6-5-7-22(14-20)47(42,43)32(3,33)34)36-29(40)23-15-27(28(46)16-26(23)44-4)45-21-8-11-31(2,18-38)12-9-21/h5-7,14-16,18,21,24-25H,8-13,17,46H2,1-4H3,(H,35,41)(H,36,40)/t21?,24-,25+,31?,32?/m1/s1. The van der Waals surface area contributed by atoms with Crippen LogP contribution >= 0.6 is 31.8 Å². The van der Waals surface area contributed by atoms with Crippen molar-refractivity contribution in [3.05, 3.63) is 42.0 Å². The molecule has 1 saturated heterocycles. The van der Waals surface area contributed by atoms with E-state index in [1.54, 1.807) is 12.1 Å². The summed E-state index contributed by atoms with van der Waals surface area (Å²) in [6.45, 7) is 4.58. The van der Waals surface area contributed by atoms with Gasteiger partial charge in [0.05, 0.1) is 29.6 Å². The highest BCUT2D eigenvalue weighted by Crippen LogP contribution is 2.37. The number of aldehydes is 1. The first-order valence-electron chi connectivity index (χ1n) is 15.2. The van der Waals surface area contributed by atoms with E-state index in [1.807, 2.05) is 6.92 Å². The molecule has 2 aromatic carbocycles. The molecule has 2 aliphatic rings. The van der Waals surface area contributed by atoms with Crippen LogP contribution in [0.5, 0.6) is 11.5 Å². The number of carbonyl (C=O) groups excluding carboxylic acids is 4. The van der Waals surface area contributed by atoms with Gasteiger partial charge in [0, 0.05) is 42.5 Å². The summed E-state index contributed by atoms with van der Waals surface area (Å²) in [5.41, 5.74) is -0.0419. The van der Waals surface area contributed by atoms with Crippen molar-refractivity contribution in [2.24, 2.45) is 11.3 Å². The molecule has 256 valence electrons. The van der Waals surface area contributed by atoms with Gasteiger partial charge in [-0.25, -0.2) is 12.8 Å². The van der Waals surface area contributed by atoms with Crippen LogP contribution in [0.2, 0.25) is 0 Å². The van der Waals surface area contributed by atoms with E-state index in [2.05, 4.69) is 19.9 Å². The number of rotatable bonds is 10. The molecule has 2 aromatic rings. The molecule has 11 nitrogen and oxygen atoms in total. The van der Waals surface area contributed by atoms with Crippen LogP contribution < -0.4 is 25.4 Å². The highest BCUT2D eigenvalue weighted by molar-refractivity contribution is 14.1. The third-order valence-corrected chi connectivity index (χ3v) is 12.8. The van der Waals surface area contributed by atoms with Crippen molar-refractivity contribution < 1.29 is 41.5 Å². The number of benzene rings is 2. The van der Waals surface area contributed by atoms with E-state index in [1.165, 1.54) is 65.8 Å². The Balaban J connectivity index is 1.55. The van der Waals surface area contributed by atoms with Crippen LogP contribution in [0.4, 0.5) is 10.1 Å². The Bertz CT molecular complexity index is 1640. The van der Waals surface area contributed by atoms with Gasteiger partial charge in [0.1, 0.15) is 17.8 Å². The Morgan fingerprint density at radius 1 is 1.15 bits per heavy atom. The van der Waals surface area contributed by atoms with Gasteiger partial charge in [-0.05, 0) is 92.0 Å². The molecule has 47 heavy (non-hydrogen) atoms. The predicted molar refractivity (Wildman–Crippen MR) is 187 cm³/mol. The van der Waals surface area contributed by atoms with Crippen molar-refractivity contribution in [1.82, 2.24) is 10.2 Å². The number of ether oxygens (including phenoxy) is 2. The van der Waals surface area contributed by atoms with E-state index in [4.69, 9.17) is 9.47 Å². The maximum atomic E-state index is 14.4. The predicted octanol–water partition coefficient (Wildman–Crippen LogP) is 4.18. The molecule has 4 atom stereocenters. The molecule has 1 aliphatic carbocycles. The Kier molecular flexibility index (Phi) is 11.6. The summed E-state index contributed by atoms with van der Waals surface area (Å²) < 4.78 is 48.9. The average molecular weight is 804 g/mol. The number of halogens is 2. The molecule has 0 bridgehead atoms. The SMILES string of the molecule is COc1cc(P)c(OC2CCC(C)(C=O)CC2)cc1C(=O)N[C@H]1CCN(C(C)=O)C[C@H]1C(=O)Nc1cccc(S(=O)(=O)C(C)(F)I)c1. The number of likely N-dealkylation sites (tertiary alicyclic amines) is 1. The van der Waals surface area contributed by atoms with E-state index in [0.717, 1.165) is 13.2 Å². The first-order chi connectivity index (χ1) is 22.0. The fraction of sp³-hybridized carbons (Fsp3) is 0.500. The second-order valence-electron chi connectivity index (χ2n) is 12.4. The molecule has 0 aromatic heterocycles. The third kappa shape index (κ3) is 8.61. The fourth-order valence-electron chi connectivity index (χ4n) is 5.80. The molecule has 2 N–H and O–H groups in total. The Morgan fingerprint density at radius 3 is 2.43 bits per heavy atom. The van der Waals surface area contributed by atoms with Crippen LogP contribution in [0.3, 0.4) is 0 Å². The average Bonchev–Trinajstić information content (AvgIpc) is 3.02. The van der Waals surface area contributed by atoms with Gasteiger partial charge >= 0.3 is 0 Å². The molecular formula is C32H40FIN3O8PS. The van der Waals surface area contributed by atoms with Gasteiger partial charge in [0.15, 0.2) is 0 Å². The third-order valence-electron chi connectivity index (χ3n) is 8.82. The summed E-state index contributed by atoms with van der Waals surface area (Å²) in [6.07, 6.45) is 3.94. The number of nitrogens with one attached hydrogen (secondary N) is 2. The molecule has 2 fully saturated rings. The largest absolute Gasteiger partial charge is 0.496 e. The summed E-state index contributed by atoms with van der Waals surface area (Å²) in [4.78, 5) is 52.3. The number of anilines is 1. The summed E-state index contributed by atoms with van der Waals surface area (Å²) in [7, 11) is -0.319. The number of amides is 3. The van der Waals surface area contributed by atoms with E-state index < -0.39 is 36.6 Å². The molecule has 15 heteroatoms. The van der Waals surface area contributed by atoms with E-state index >= 15 is 0 Å². The minimum atomic E-state index is -4.35. The monoisotopic (exact) mass is 803 g/mol. The minimum Gasteiger partial charge on any atom is -0.496 e. The molecule has 3 amide bonds. The molecule has 1 aliphatic heterocycles. The van der Waals surface area contributed by atoms with Crippen molar-refractivity contribution in [3.8, 4) is 11.5 Å². The molecule has 0 radical (unpaired) electrons. The van der Waals surface area contributed by atoms with Gasteiger partial charge in [-0.15, -0.1) is 9.24 Å². The van der Waals surface area contributed by atoms with Crippen molar-refractivity contribution in [1.29, 1.82) is 0 Å². The number of sulfone groups is 1. The van der Waals surface area contributed by atoms with E-state index in [-0.39, 0.29) is 46.5 Å². The van der Waals surface area contributed by atoms with Crippen LogP contribution in [0.25, 0.3) is 0 Å². The molecule has 4 rings (SSSR count). The smallest absolute Gasteiger partial charge is 0.261 e. The number of carbonyl (C=O) groups is 4. The lowest BCUT2D eigenvalue weighted by atomic mass is 9.76. The number of hydrogen-bond acceptors (Lipinski definition) is 8. The van der Waals surface area contributed by atoms with Gasteiger partial charge in [0.2, 0.25) is 21.7 Å². The number of alkyl halides is 2. The van der Waals surface area contributed by atoms with Crippen molar-refractivity contribution >= 4 is 76.7 Å². The van der Waals surface area contributed by atoms with Gasteiger partial charge in [-0.3, -0.25) is 14.4 Å². The van der Waals surface area contributed by atoms with Crippen molar-refractivity contribution in [2.75, 3.05) is 25.5 Å². The van der Waals surface area contributed by atoms with Gasteiger partial charge in [0.25, 0.3) is 8.91 Å². The fourth-order valence-corrected chi connectivity index (χ4v) is 7.81. The Morgan fingerprint density at radius 2 is 1.83 bits per heavy atom. The van der Waals surface area contributed by atoms with Crippen LogP contribution in [0, 0.1) is 11.3 Å². The summed E-state index contributed by atoms with van der Waals surface area (Å²) in [5, 5.41) is 6.32. The molecule has 1 heterocycles. The molecule has 1 saturated carbocycles. The van der Waals surface area contributed by atoms with Crippen molar-refractivity contribution in [2.45, 2.75) is 72.9 Å². The second kappa shape index (κ2) is 14.7. The first kappa shape index (κ1) is 37.0. The lowest BCUT2D eigenvalue weighted by molar-refractivity contribution is -0.133. The quantitative estimate of drug-likeness (QED) is 0.158. The molecule has 2 unspecified atom stereocenters. The maximum absolute atomic E-state index is 14.4. The van der Waals surface area contributed by atoms with Crippen LogP contribution in [0.15, 0.2) is 41.3 Å². The Labute approximate surface area is 290 Å². The second-order valence-corrected chi connectivity index (χ2v) is 18.1. The molecular weight excluding hydrogens is 763 g/mol. The highest BCUT2D eigenvalue weighted by atomic mass is 127. The van der Waals surface area contributed by atoms with Gasteiger partial charge in [-0.2, -0.15) is 0 Å². The van der Waals surface area contributed by atoms with E-state index in [9.17, 15) is 32.0 Å². The molecule has 0 spiro atoms. The summed E-state index contributed by atoms with van der Waals surface area (Å²) in [5.74, 6) is -1.42. The minimum absolute atomic E-state index is 0.0117. The lowest BCUT2D eigenvalue weighted by Gasteiger charge is -2.37. The zero-order chi connectivity index (χ0) is 34.7. The van der Waals surface area contributed by atoms with E-state index in [0.29, 0.717) is 49.0 Å². The zero-order valence-electron chi connectivity index (χ0n) is 26.7. The van der Waals surface area contributed by atoms with Gasteiger partial charge < -0.3 is 29.8 Å². The summed E-state index contributed by atoms with van der Waals surface area (Å²) in [6, 6.07) is 7.86. The van der Waals surface area contributed by atoms with Crippen LogP contribution in [0.1, 0.15) is 63.2 Å².